The minimum Gasteiger partial charge on any atom is -0.466 e. The Balaban J connectivity index is 1.54. The van der Waals surface area contributed by atoms with Gasteiger partial charge in [0.2, 0.25) is 5.91 Å². The van der Waals surface area contributed by atoms with Gasteiger partial charge in [-0.2, -0.15) is 0 Å². The molecule has 1 aliphatic rings. The highest BCUT2D eigenvalue weighted by atomic mass is 16.3. The van der Waals surface area contributed by atoms with Crippen molar-refractivity contribution in [1.82, 2.24) is 10.6 Å². The van der Waals surface area contributed by atoms with Crippen LogP contribution in [0, 0.1) is 13.8 Å². The maximum absolute atomic E-state index is 12.2. The lowest BCUT2D eigenvalue weighted by atomic mass is 9.89. The molecule has 0 spiro atoms. The Hall–Kier alpha value is -2.56. The Bertz CT molecular complexity index is 823. The number of carbonyl (C=O) groups excluding carboxylic acids is 2. The van der Waals surface area contributed by atoms with Crippen LogP contribution in [0.4, 0.5) is 0 Å². The second kappa shape index (κ2) is 7.77. The zero-order valence-corrected chi connectivity index (χ0v) is 15.6. The predicted octanol–water partition coefficient (Wildman–Crippen LogP) is 3.38. The number of nitrogens with one attached hydrogen (secondary N) is 2. The molecule has 1 atom stereocenters. The van der Waals surface area contributed by atoms with E-state index in [-0.39, 0.29) is 24.4 Å². The van der Waals surface area contributed by atoms with Crippen LogP contribution in [0.15, 0.2) is 28.7 Å². The van der Waals surface area contributed by atoms with Crippen LogP contribution in [0.2, 0.25) is 0 Å². The molecule has 1 aromatic carbocycles. The topological polar surface area (TPSA) is 71.3 Å². The smallest absolute Gasteiger partial charge is 0.255 e. The van der Waals surface area contributed by atoms with Gasteiger partial charge in [0.25, 0.3) is 5.91 Å². The van der Waals surface area contributed by atoms with Gasteiger partial charge in [-0.3, -0.25) is 9.59 Å². The quantitative estimate of drug-likeness (QED) is 0.865. The van der Waals surface area contributed by atoms with Crippen molar-refractivity contribution in [2.24, 2.45) is 0 Å². The van der Waals surface area contributed by atoms with Crippen molar-refractivity contribution in [2.45, 2.75) is 52.5 Å². The van der Waals surface area contributed by atoms with Crippen LogP contribution in [0.1, 0.15) is 64.4 Å². The van der Waals surface area contributed by atoms with E-state index in [0.717, 1.165) is 18.4 Å². The maximum Gasteiger partial charge on any atom is 0.255 e. The minimum absolute atomic E-state index is 0.0578. The van der Waals surface area contributed by atoms with Gasteiger partial charge in [0.1, 0.15) is 11.5 Å². The van der Waals surface area contributed by atoms with Crippen molar-refractivity contribution in [2.75, 3.05) is 6.54 Å². The summed E-state index contributed by atoms with van der Waals surface area (Å²) in [5, 5.41) is 5.60. The summed E-state index contributed by atoms with van der Waals surface area (Å²) >= 11 is 0. The molecule has 3 rings (SSSR count). The molecule has 2 amide bonds. The highest BCUT2D eigenvalue weighted by Crippen LogP contribution is 2.24. The second-order valence-electron chi connectivity index (χ2n) is 7.03. The van der Waals surface area contributed by atoms with Crippen molar-refractivity contribution >= 4 is 11.8 Å². The monoisotopic (exact) mass is 354 g/mol. The third-order valence-corrected chi connectivity index (χ3v) is 4.95. The fraction of sp³-hybridized carbons (Fsp3) is 0.429. The first kappa shape index (κ1) is 18.2. The largest absolute Gasteiger partial charge is 0.466 e. The fourth-order valence-electron chi connectivity index (χ4n) is 3.51. The molecule has 0 saturated carbocycles. The van der Waals surface area contributed by atoms with Gasteiger partial charge in [-0.15, -0.1) is 0 Å². The van der Waals surface area contributed by atoms with Crippen LogP contribution in [-0.2, 0) is 17.6 Å². The van der Waals surface area contributed by atoms with E-state index in [9.17, 15) is 9.59 Å². The molecule has 1 heterocycles. The zero-order chi connectivity index (χ0) is 18.7. The maximum atomic E-state index is 12.2. The summed E-state index contributed by atoms with van der Waals surface area (Å²) in [6, 6.07) is 8.06. The van der Waals surface area contributed by atoms with E-state index in [4.69, 9.17) is 4.42 Å². The number of hydrogen-bond donors (Lipinski definition) is 2. The molecule has 0 radical (unpaired) electrons. The Morgan fingerprint density at radius 1 is 1.12 bits per heavy atom. The Morgan fingerprint density at radius 2 is 1.85 bits per heavy atom. The standard InChI is InChI=1S/C21H26N2O3/c1-13-10-19(15(3)26-13)21(25)22-12-20(24)23-14(2)17-9-8-16-6-4-5-7-18(16)11-17/h8-11,14H,4-7,12H2,1-3H3,(H,22,25)(H,23,24). The van der Waals surface area contributed by atoms with Crippen LogP contribution >= 0.6 is 0 Å². The normalized spacial score (nSPS) is 14.4. The molecule has 26 heavy (non-hydrogen) atoms. The van der Waals surface area contributed by atoms with Gasteiger partial charge in [-0.05, 0) is 69.2 Å². The summed E-state index contributed by atoms with van der Waals surface area (Å²) < 4.78 is 5.35. The van der Waals surface area contributed by atoms with Gasteiger partial charge in [-0.1, -0.05) is 18.2 Å². The summed E-state index contributed by atoms with van der Waals surface area (Å²) in [7, 11) is 0. The Labute approximate surface area is 154 Å². The van der Waals surface area contributed by atoms with Crippen molar-refractivity contribution in [1.29, 1.82) is 0 Å². The molecule has 1 aliphatic carbocycles. The summed E-state index contributed by atoms with van der Waals surface area (Å²) in [6.45, 7) is 5.43. The minimum atomic E-state index is -0.295. The number of aryl methyl sites for hydroxylation is 4. The molecule has 1 aromatic heterocycles. The van der Waals surface area contributed by atoms with Gasteiger partial charge >= 0.3 is 0 Å². The lowest BCUT2D eigenvalue weighted by Gasteiger charge is -2.20. The van der Waals surface area contributed by atoms with Crippen LogP contribution in [0.3, 0.4) is 0 Å². The molecule has 5 nitrogen and oxygen atoms in total. The summed E-state index contributed by atoms with van der Waals surface area (Å²) in [5.74, 6) is 0.735. The summed E-state index contributed by atoms with van der Waals surface area (Å²) in [4.78, 5) is 24.3. The summed E-state index contributed by atoms with van der Waals surface area (Å²) in [5.41, 5.74) is 4.40. The van der Waals surface area contributed by atoms with Crippen molar-refractivity contribution in [3.63, 3.8) is 0 Å². The first-order valence-electron chi connectivity index (χ1n) is 9.20. The molecule has 5 heteroatoms. The Kier molecular flexibility index (Phi) is 5.45. The van der Waals surface area contributed by atoms with Crippen LogP contribution < -0.4 is 10.6 Å². The Morgan fingerprint density at radius 3 is 2.54 bits per heavy atom. The van der Waals surface area contributed by atoms with Crippen LogP contribution in [0.5, 0.6) is 0 Å². The fourth-order valence-corrected chi connectivity index (χ4v) is 3.51. The molecule has 138 valence electrons. The number of fused-ring (bicyclic) bond motifs is 1. The molecule has 0 aliphatic heterocycles. The molecular weight excluding hydrogens is 328 g/mol. The lowest BCUT2D eigenvalue weighted by Crippen LogP contribution is -2.38. The number of furan rings is 1. The first-order valence-corrected chi connectivity index (χ1v) is 9.20. The van der Waals surface area contributed by atoms with E-state index in [1.807, 2.05) is 6.92 Å². The van der Waals surface area contributed by atoms with Gasteiger partial charge in [0, 0.05) is 0 Å². The highest BCUT2D eigenvalue weighted by Gasteiger charge is 2.16. The van der Waals surface area contributed by atoms with E-state index < -0.39 is 0 Å². The number of benzene rings is 1. The van der Waals surface area contributed by atoms with E-state index in [1.165, 1.54) is 24.0 Å². The van der Waals surface area contributed by atoms with Crippen LogP contribution in [0.25, 0.3) is 0 Å². The number of hydrogen-bond acceptors (Lipinski definition) is 3. The lowest BCUT2D eigenvalue weighted by molar-refractivity contribution is -0.120. The molecule has 2 N–H and O–H groups in total. The number of carbonyl (C=O) groups is 2. The van der Waals surface area contributed by atoms with E-state index in [1.54, 1.807) is 19.9 Å². The average Bonchev–Trinajstić information content (AvgIpc) is 2.97. The number of amides is 2. The molecule has 1 unspecified atom stereocenters. The molecular formula is C21H26N2O3. The summed E-state index contributed by atoms with van der Waals surface area (Å²) in [6.07, 6.45) is 4.75. The van der Waals surface area contributed by atoms with Gasteiger partial charge in [-0.25, -0.2) is 0 Å². The van der Waals surface area contributed by atoms with Gasteiger partial charge in [0.15, 0.2) is 0 Å². The first-order chi connectivity index (χ1) is 12.4. The van der Waals surface area contributed by atoms with E-state index in [2.05, 4.69) is 28.8 Å². The van der Waals surface area contributed by atoms with Crippen LogP contribution in [-0.4, -0.2) is 18.4 Å². The number of rotatable bonds is 5. The SMILES string of the molecule is Cc1cc(C(=O)NCC(=O)NC(C)c2ccc3c(c2)CCCC3)c(C)o1. The van der Waals surface area contributed by atoms with Crippen molar-refractivity contribution in [3.8, 4) is 0 Å². The third kappa shape index (κ3) is 4.15. The average molecular weight is 354 g/mol. The predicted molar refractivity (Wildman–Crippen MR) is 100 cm³/mol. The zero-order valence-electron chi connectivity index (χ0n) is 15.6. The van der Waals surface area contributed by atoms with Crippen molar-refractivity contribution < 1.29 is 14.0 Å². The van der Waals surface area contributed by atoms with Gasteiger partial charge in [0.05, 0.1) is 18.2 Å². The van der Waals surface area contributed by atoms with Gasteiger partial charge < -0.3 is 15.1 Å². The molecule has 0 saturated heterocycles. The second-order valence-corrected chi connectivity index (χ2v) is 7.03. The van der Waals surface area contributed by atoms with E-state index in [0.29, 0.717) is 17.1 Å². The van der Waals surface area contributed by atoms with Crippen molar-refractivity contribution in [3.05, 3.63) is 58.0 Å². The highest BCUT2D eigenvalue weighted by molar-refractivity contribution is 5.97. The molecule has 0 bridgehead atoms. The molecule has 0 fully saturated rings. The molecule has 2 aromatic rings. The third-order valence-electron chi connectivity index (χ3n) is 4.95. The van der Waals surface area contributed by atoms with E-state index >= 15 is 0 Å².